The molecule has 2 saturated carbocycles. The number of H-pyrrole nitrogens is 1. The number of benzene rings is 1. The molecule has 1 aromatic heterocycles. The number of fused-ring (bicyclic) bond motifs is 1. The molecule has 4 rings (SSSR count). The van der Waals surface area contributed by atoms with Crippen LogP contribution in [0.3, 0.4) is 0 Å². The first-order valence-electron chi connectivity index (χ1n) is 7.73. The van der Waals surface area contributed by atoms with E-state index in [-0.39, 0.29) is 0 Å². The molecule has 106 valence electrons. The average Bonchev–Trinajstić information content (AvgIpc) is 3.31. The predicted octanol–water partition coefficient (Wildman–Crippen LogP) is 2.77. The lowest BCUT2D eigenvalue weighted by Crippen LogP contribution is -2.28. The number of aromatic amines is 1. The Balaban J connectivity index is 1.50. The molecule has 0 unspecified atom stereocenters. The Bertz CT molecular complexity index is 596. The van der Waals surface area contributed by atoms with Crippen LogP contribution in [0.2, 0.25) is 0 Å². The largest absolute Gasteiger partial charge is 0.399 e. The monoisotopic (exact) mass is 270 g/mol. The standard InChI is InChI=1S/C16H22N4/c17-13-5-6-14-15(7-13)19-16(18-14)10-20(8-11-1-2-11)9-12-3-4-12/h5-7,11-12H,1-4,8-10,17H2,(H,18,19). The average molecular weight is 270 g/mol. The molecular weight excluding hydrogens is 248 g/mol. The van der Waals surface area contributed by atoms with Gasteiger partial charge in [-0.15, -0.1) is 0 Å². The van der Waals surface area contributed by atoms with Crippen molar-refractivity contribution in [3.8, 4) is 0 Å². The van der Waals surface area contributed by atoms with Crippen molar-refractivity contribution >= 4 is 16.7 Å². The highest BCUT2D eigenvalue weighted by molar-refractivity contribution is 5.78. The summed E-state index contributed by atoms with van der Waals surface area (Å²) in [6.07, 6.45) is 5.66. The number of aromatic nitrogens is 2. The number of nitrogens with one attached hydrogen (secondary N) is 1. The molecule has 20 heavy (non-hydrogen) atoms. The fourth-order valence-electron chi connectivity index (χ4n) is 2.90. The van der Waals surface area contributed by atoms with E-state index in [0.717, 1.165) is 40.9 Å². The summed E-state index contributed by atoms with van der Waals surface area (Å²) in [5.74, 6) is 2.95. The molecule has 4 heteroatoms. The van der Waals surface area contributed by atoms with E-state index in [4.69, 9.17) is 10.7 Å². The van der Waals surface area contributed by atoms with Crippen molar-refractivity contribution in [3.05, 3.63) is 24.0 Å². The third kappa shape index (κ3) is 2.80. The Hall–Kier alpha value is -1.55. The van der Waals surface area contributed by atoms with E-state index in [2.05, 4.69) is 9.88 Å². The molecule has 2 aliphatic rings. The van der Waals surface area contributed by atoms with Gasteiger partial charge in [0.15, 0.2) is 0 Å². The Labute approximate surface area is 119 Å². The zero-order valence-corrected chi connectivity index (χ0v) is 11.8. The maximum absolute atomic E-state index is 5.82. The Morgan fingerprint density at radius 1 is 1.15 bits per heavy atom. The van der Waals surface area contributed by atoms with Gasteiger partial charge in [0.05, 0.1) is 17.6 Å². The number of anilines is 1. The van der Waals surface area contributed by atoms with Gasteiger partial charge in [0, 0.05) is 18.8 Å². The van der Waals surface area contributed by atoms with E-state index in [1.165, 1.54) is 38.8 Å². The fourth-order valence-corrected chi connectivity index (χ4v) is 2.90. The minimum absolute atomic E-state index is 0.792. The molecule has 1 heterocycles. The fraction of sp³-hybridized carbons (Fsp3) is 0.562. The lowest BCUT2D eigenvalue weighted by molar-refractivity contribution is 0.239. The van der Waals surface area contributed by atoms with Crippen LogP contribution in [-0.2, 0) is 6.54 Å². The molecule has 0 spiro atoms. The predicted molar refractivity (Wildman–Crippen MR) is 81.2 cm³/mol. The minimum atomic E-state index is 0.792. The number of hydrogen-bond donors (Lipinski definition) is 2. The lowest BCUT2D eigenvalue weighted by Gasteiger charge is -2.20. The highest BCUT2D eigenvalue weighted by Crippen LogP contribution is 2.34. The number of hydrogen-bond acceptors (Lipinski definition) is 3. The number of nitrogens with two attached hydrogens (primary N) is 1. The van der Waals surface area contributed by atoms with Crippen molar-refractivity contribution in [3.63, 3.8) is 0 Å². The molecule has 2 fully saturated rings. The number of nitrogens with zero attached hydrogens (tertiary/aromatic N) is 2. The van der Waals surface area contributed by atoms with Crippen molar-refractivity contribution in [2.45, 2.75) is 32.2 Å². The number of nitrogen functional groups attached to an aromatic ring is 1. The second-order valence-electron chi connectivity index (χ2n) is 6.54. The number of imidazole rings is 1. The molecular formula is C16H22N4. The summed E-state index contributed by atoms with van der Waals surface area (Å²) in [4.78, 5) is 10.7. The van der Waals surface area contributed by atoms with Crippen molar-refractivity contribution < 1.29 is 0 Å². The van der Waals surface area contributed by atoms with Crippen LogP contribution in [0.4, 0.5) is 5.69 Å². The minimum Gasteiger partial charge on any atom is -0.399 e. The first-order valence-corrected chi connectivity index (χ1v) is 7.73. The van der Waals surface area contributed by atoms with Gasteiger partial charge in [-0.3, -0.25) is 4.90 Å². The zero-order valence-electron chi connectivity index (χ0n) is 11.8. The van der Waals surface area contributed by atoms with Crippen LogP contribution in [0, 0.1) is 11.8 Å². The SMILES string of the molecule is Nc1ccc2nc(CN(CC3CC3)CC3CC3)[nH]c2c1. The van der Waals surface area contributed by atoms with E-state index < -0.39 is 0 Å². The highest BCUT2D eigenvalue weighted by atomic mass is 15.2. The topological polar surface area (TPSA) is 57.9 Å². The first kappa shape index (κ1) is 12.2. The Morgan fingerprint density at radius 2 is 1.85 bits per heavy atom. The summed E-state index contributed by atoms with van der Waals surface area (Å²) < 4.78 is 0. The van der Waals surface area contributed by atoms with Crippen LogP contribution in [0.1, 0.15) is 31.5 Å². The van der Waals surface area contributed by atoms with Gasteiger partial charge in [0.25, 0.3) is 0 Å². The summed E-state index contributed by atoms with van der Waals surface area (Å²) >= 11 is 0. The molecule has 0 atom stereocenters. The Kier molecular flexibility index (Phi) is 2.91. The quantitative estimate of drug-likeness (QED) is 0.794. The van der Waals surface area contributed by atoms with Gasteiger partial charge in [0.1, 0.15) is 5.82 Å². The molecule has 2 aliphatic carbocycles. The molecule has 2 aromatic rings. The van der Waals surface area contributed by atoms with Crippen molar-refractivity contribution in [2.24, 2.45) is 11.8 Å². The maximum Gasteiger partial charge on any atom is 0.121 e. The lowest BCUT2D eigenvalue weighted by atomic mass is 10.3. The highest BCUT2D eigenvalue weighted by Gasteiger charge is 2.29. The molecule has 0 radical (unpaired) electrons. The second-order valence-corrected chi connectivity index (χ2v) is 6.54. The third-order valence-electron chi connectivity index (χ3n) is 4.35. The van der Waals surface area contributed by atoms with Crippen molar-refractivity contribution in [1.29, 1.82) is 0 Å². The summed E-state index contributed by atoms with van der Waals surface area (Å²) in [7, 11) is 0. The van der Waals surface area contributed by atoms with Gasteiger partial charge in [-0.05, 0) is 55.7 Å². The molecule has 3 N–H and O–H groups in total. The normalized spacial score (nSPS) is 19.1. The van der Waals surface area contributed by atoms with Gasteiger partial charge < -0.3 is 10.7 Å². The molecule has 0 aliphatic heterocycles. The summed E-state index contributed by atoms with van der Waals surface area (Å²) in [6.45, 7) is 3.44. The van der Waals surface area contributed by atoms with Crippen LogP contribution in [0.5, 0.6) is 0 Å². The zero-order chi connectivity index (χ0) is 13.5. The summed E-state index contributed by atoms with van der Waals surface area (Å²) in [5.41, 5.74) is 8.69. The molecule has 0 bridgehead atoms. The van der Waals surface area contributed by atoms with Gasteiger partial charge in [0.2, 0.25) is 0 Å². The maximum atomic E-state index is 5.82. The molecule has 0 amide bonds. The molecule has 1 aromatic carbocycles. The van der Waals surface area contributed by atoms with E-state index in [1.54, 1.807) is 0 Å². The molecule has 4 nitrogen and oxygen atoms in total. The van der Waals surface area contributed by atoms with Gasteiger partial charge in [-0.25, -0.2) is 4.98 Å². The van der Waals surface area contributed by atoms with E-state index in [9.17, 15) is 0 Å². The van der Waals surface area contributed by atoms with Crippen LogP contribution < -0.4 is 5.73 Å². The van der Waals surface area contributed by atoms with Crippen molar-refractivity contribution in [1.82, 2.24) is 14.9 Å². The first-order chi connectivity index (χ1) is 9.76. The van der Waals surface area contributed by atoms with Gasteiger partial charge in [-0.1, -0.05) is 0 Å². The van der Waals surface area contributed by atoms with Gasteiger partial charge >= 0.3 is 0 Å². The van der Waals surface area contributed by atoms with Gasteiger partial charge in [-0.2, -0.15) is 0 Å². The van der Waals surface area contributed by atoms with Crippen LogP contribution in [0.25, 0.3) is 11.0 Å². The smallest absolute Gasteiger partial charge is 0.121 e. The van der Waals surface area contributed by atoms with E-state index >= 15 is 0 Å². The van der Waals surface area contributed by atoms with E-state index in [0.29, 0.717) is 0 Å². The third-order valence-corrected chi connectivity index (χ3v) is 4.35. The second kappa shape index (κ2) is 4.77. The number of rotatable bonds is 6. The van der Waals surface area contributed by atoms with Crippen LogP contribution >= 0.6 is 0 Å². The van der Waals surface area contributed by atoms with E-state index in [1.807, 2.05) is 18.2 Å². The van der Waals surface area contributed by atoms with Crippen molar-refractivity contribution in [2.75, 3.05) is 18.8 Å². The Morgan fingerprint density at radius 3 is 2.50 bits per heavy atom. The molecule has 0 saturated heterocycles. The van der Waals surface area contributed by atoms with Crippen LogP contribution in [-0.4, -0.2) is 28.0 Å². The van der Waals surface area contributed by atoms with Crippen LogP contribution in [0.15, 0.2) is 18.2 Å². The summed E-state index contributed by atoms with van der Waals surface area (Å²) in [6, 6.07) is 5.88. The summed E-state index contributed by atoms with van der Waals surface area (Å²) in [5, 5.41) is 0.